The first-order valence-corrected chi connectivity index (χ1v) is 3.59. The van der Waals surface area contributed by atoms with Crippen LogP contribution in [0.4, 0.5) is 16.3 Å². The van der Waals surface area contributed by atoms with E-state index in [0.717, 1.165) is 6.20 Å². The summed E-state index contributed by atoms with van der Waals surface area (Å²) in [5.41, 5.74) is -0.139. The van der Waals surface area contributed by atoms with Crippen LogP contribution in [0, 0.1) is 10.1 Å². The summed E-state index contributed by atoms with van der Waals surface area (Å²) in [6.45, 7) is 0. The SMILES string of the molecule is COC(=O)Nc1ccc([N+](=O)[O-])cn1. The number of aromatic nitrogens is 1. The zero-order valence-corrected chi connectivity index (χ0v) is 7.26. The number of carbonyl (C=O) groups is 1. The predicted molar refractivity (Wildman–Crippen MR) is 46.9 cm³/mol. The number of ether oxygens (including phenoxy) is 1. The van der Waals surface area contributed by atoms with Gasteiger partial charge in [0.25, 0.3) is 5.69 Å². The Kier molecular flexibility index (Phi) is 2.95. The van der Waals surface area contributed by atoms with E-state index in [4.69, 9.17) is 0 Å². The quantitative estimate of drug-likeness (QED) is 0.567. The van der Waals surface area contributed by atoms with Crippen LogP contribution in [0.1, 0.15) is 0 Å². The Bertz CT molecular complexity index is 348. The molecule has 0 aliphatic heterocycles. The Morgan fingerprint density at radius 1 is 1.64 bits per heavy atom. The van der Waals surface area contributed by atoms with Gasteiger partial charge in [-0.3, -0.25) is 15.4 Å². The van der Waals surface area contributed by atoms with Crippen molar-refractivity contribution in [2.45, 2.75) is 0 Å². The average Bonchev–Trinajstić information content (AvgIpc) is 2.18. The number of nitrogens with zero attached hydrogens (tertiary/aromatic N) is 2. The van der Waals surface area contributed by atoms with Crippen LogP contribution in [0.15, 0.2) is 18.3 Å². The summed E-state index contributed by atoms with van der Waals surface area (Å²) < 4.78 is 4.31. The molecule has 0 atom stereocenters. The van der Waals surface area contributed by atoms with Crippen molar-refractivity contribution in [3.05, 3.63) is 28.4 Å². The Hall–Kier alpha value is -2.18. The number of hydrogen-bond acceptors (Lipinski definition) is 5. The fraction of sp³-hybridized carbons (Fsp3) is 0.143. The summed E-state index contributed by atoms with van der Waals surface area (Å²) in [4.78, 5) is 24.0. The van der Waals surface area contributed by atoms with Crippen LogP contribution in [0.3, 0.4) is 0 Å². The van der Waals surface area contributed by atoms with E-state index >= 15 is 0 Å². The Morgan fingerprint density at radius 2 is 2.36 bits per heavy atom. The molecule has 0 aliphatic carbocycles. The smallest absolute Gasteiger partial charge is 0.412 e. The van der Waals surface area contributed by atoms with Crippen molar-refractivity contribution in [2.75, 3.05) is 12.4 Å². The van der Waals surface area contributed by atoms with Crippen LogP contribution in [-0.2, 0) is 4.74 Å². The van der Waals surface area contributed by atoms with E-state index < -0.39 is 11.0 Å². The van der Waals surface area contributed by atoms with E-state index in [9.17, 15) is 14.9 Å². The van der Waals surface area contributed by atoms with Crippen molar-refractivity contribution in [3.63, 3.8) is 0 Å². The molecule has 7 heteroatoms. The molecule has 14 heavy (non-hydrogen) atoms. The van der Waals surface area contributed by atoms with Crippen LogP contribution >= 0.6 is 0 Å². The van der Waals surface area contributed by atoms with Gasteiger partial charge in [-0.1, -0.05) is 0 Å². The molecule has 1 heterocycles. The monoisotopic (exact) mass is 197 g/mol. The fourth-order valence-corrected chi connectivity index (χ4v) is 0.724. The minimum absolute atomic E-state index is 0.139. The van der Waals surface area contributed by atoms with Crippen molar-refractivity contribution >= 4 is 17.6 Å². The number of amides is 1. The highest BCUT2D eigenvalue weighted by Crippen LogP contribution is 2.11. The molecule has 0 saturated heterocycles. The predicted octanol–water partition coefficient (Wildman–Crippen LogP) is 1.17. The molecule has 74 valence electrons. The van der Waals surface area contributed by atoms with Crippen molar-refractivity contribution in [2.24, 2.45) is 0 Å². The van der Waals surface area contributed by atoms with Crippen molar-refractivity contribution in [1.29, 1.82) is 0 Å². The number of rotatable bonds is 2. The molecule has 0 aliphatic rings. The van der Waals surface area contributed by atoms with Crippen LogP contribution in [0.25, 0.3) is 0 Å². The second-order valence-corrected chi connectivity index (χ2v) is 2.28. The normalized spacial score (nSPS) is 9.21. The molecule has 1 rings (SSSR count). The molecular weight excluding hydrogens is 190 g/mol. The minimum atomic E-state index is -0.675. The van der Waals surface area contributed by atoms with Gasteiger partial charge in [-0.25, -0.2) is 9.78 Å². The Balaban J connectivity index is 2.73. The number of hydrogen-bond donors (Lipinski definition) is 1. The summed E-state index contributed by atoms with van der Waals surface area (Å²) in [7, 11) is 1.21. The highest BCUT2D eigenvalue weighted by atomic mass is 16.6. The largest absolute Gasteiger partial charge is 0.453 e. The fourth-order valence-electron chi connectivity index (χ4n) is 0.724. The Morgan fingerprint density at radius 3 is 2.79 bits per heavy atom. The standard InChI is InChI=1S/C7H7N3O4/c1-14-7(11)9-6-3-2-5(4-8-6)10(12)13/h2-4H,1H3,(H,8,9,11). The van der Waals surface area contributed by atoms with E-state index in [2.05, 4.69) is 15.0 Å². The molecule has 1 aromatic heterocycles. The average molecular weight is 197 g/mol. The van der Waals surface area contributed by atoms with E-state index in [-0.39, 0.29) is 11.5 Å². The van der Waals surface area contributed by atoms with Crippen LogP contribution in [0.5, 0.6) is 0 Å². The van der Waals surface area contributed by atoms with Crippen LogP contribution < -0.4 is 5.32 Å². The molecule has 1 amide bonds. The number of nitrogens with one attached hydrogen (secondary N) is 1. The number of methoxy groups -OCH3 is 1. The molecule has 0 fully saturated rings. The highest BCUT2D eigenvalue weighted by Gasteiger charge is 2.06. The molecule has 0 bridgehead atoms. The van der Waals surface area contributed by atoms with E-state index in [1.807, 2.05) is 0 Å². The molecule has 0 radical (unpaired) electrons. The maximum Gasteiger partial charge on any atom is 0.412 e. The van der Waals surface area contributed by atoms with E-state index in [1.165, 1.54) is 19.2 Å². The second-order valence-electron chi connectivity index (χ2n) is 2.28. The third-order valence-corrected chi connectivity index (χ3v) is 1.37. The zero-order valence-electron chi connectivity index (χ0n) is 7.26. The summed E-state index contributed by atoms with van der Waals surface area (Å²) in [5.74, 6) is 0.197. The van der Waals surface area contributed by atoms with Crippen molar-refractivity contribution in [3.8, 4) is 0 Å². The molecule has 0 aromatic carbocycles. The molecule has 1 aromatic rings. The number of nitro groups is 1. The number of anilines is 1. The summed E-state index contributed by atoms with van der Waals surface area (Å²) >= 11 is 0. The van der Waals surface area contributed by atoms with E-state index in [1.54, 1.807) is 0 Å². The van der Waals surface area contributed by atoms with Crippen molar-refractivity contribution in [1.82, 2.24) is 4.98 Å². The lowest BCUT2D eigenvalue weighted by atomic mass is 10.4. The molecular formula is C7H7N3O4. The minimum Gasteiger partial charge on any atom is -0.453 e. The molecule has 1 N–H and O–H groups in total. The van der Waals surface area contributed by atoms with Gasteiger partial charge in [0.05, 0.1) is 12.0 Å². The van der Waals surface area contributed by atoms with Gasteiger partial charge in [-0.2, -0.15) is 0 Å². The lowest BCUT2D eigenvalue weighted by molar-refractivity contribution is -0.385. The number of carbonyl (C=O) groups excluding carboxylic acids is 1. The van der Waals surface area contributed by atoms with Crippen LogP contribution in [-0.4, -0.2) is 23.1 Å². The molecule has 0 spiro atoms. The van der Waals surface area contributed by atoms with Gasteiger partial charge in [0.1, 0.15) is 12.0 Å². The van der Waals surface area contributed by atoms with Gasteiger partial charge in [0.15, 0.2) is 0 Å². The van der Waals surface area contributed by atoms with Gasteiger partial charge in [0.2, 0.25) is 0 Å². The van der Waals surface area contributed by atoms with Crippen molar-refractivity contribution < 1.29 is 14.5 Å². The Labute approximate surface area is 78.9 Å². The summed E-state index contributed by atoms with van der Waals surface area (Å²) in [6, 6.07) is 2.55. The van der Waals surface area contributed by atoms with E-state index in [0.29, 0.717) is 0 Å². The molecule has 7 nitrogen and oxygen atoms in total. The van der Waals surface area contributed by atoms with Gasteiger partial charge in [0, 0.05) is 6.07 Å². The maximum atomic E-state index is 10.7. The first kappa shape index (κ1) is 9.90. The topological polar surface area (TPSA) is 94.4 Å². The first-order valence-electron chi connectivity index (χ1n) is 3.59. The van der Waals surface area contributed by atoms with Crippen LogP contribution in [0.2, 0.25) is 0 Å². The second kappa shape index (κ2) is 4.17. The third-order valence-electron chi connectivity index (χ3n) is 1.37. The number of pyridine rings is 1. The molecule has 0 unspecified atom stereocenters. The maximum absolute atomic E-state index is 10.7. The summed E-state index contributed by atoms with van der Waals surface area (Å²) in [5, 5.41) is 12.5. The van der Waals surface area contributed by atoms with Gasteiger partial charge >= 0.3 is 6.09 Å². The molecule has 0 saturated carbocycles. The van der Waals surface area contributed by atoms with Gasteiger partial charge in [-0.15, -0.1) is 0 Å². The lowest BCUT2D eigenvalue weighted by Crippen LogP contribution is -2.11. The van der Waals surface area contributed by atoms with Gasteiger partial charge in [-0.05, 0) is 6.07 Å². The highest BCUT2D eigenvalue weighted by molar-refractivity contribution is 5.83. The lowest BCUT2D eigenvalue weighted by Gasteiger charge is -2.00. The summed E-state index contributed by atoms with van der Waals surface area (Å²) in [6.07, 6.45) is 0.372. The third kappa shape index (κ3) is 2.41. The zero-order chi connectivity index (χ0) is 10.6. The first-order chi connectivity index (χ1) is 6.63. The van der Waals surface area contributed by atoms with Gasteiger partial charge < -0.3 is 4.74 Å².